The summed E-state index contributed by atoms with van der Waals surface area (Å²) in [5.41, 5.74) is 0.0787. The highest BCUT2D eigenvalue weighted by atomic mass is 127. The quantitative estimate of drug-likeness (QED) is 0.362. The molecule has 3 nitrogen and oxygen atoms in total. The topological polar surface area (TPSA) is 43.1 Å². The number of rotatable bonds is 1. The average Bonchev–Trinajstić information content (AvgIpc) is 1.96. The molecule has 1 aromatic carbocycles. The lowest BCUT2D eigenvalue weighted by molar-refractivity contribution is -0.386. The monoisotopic (exact) mass is 359 g/mol. The van der Waals surface area contributed by atoms with E-state index in [1.54, 1.807) is 6.07 Å². The molecular weight excluding hydrogens is 357 g/mol. The summed E-state index contributed by atoms with van der Waals surface area (Å²) in [6.45, 7) is 0. The average molecular weight is 360 g/mol. The van der Waals surface area contributed by atoms with Gasteiger partial charge in [0.25, 0.3) is 5.69 Å². The summed E-state index contributed by atoms with van der Waals surface area (Å²) in [6.07, 6.45) is 0. The lowest BCUT2D eigenvalue weighted by Gasteiger charge is -1.99. The van der Waals surface area contributed by atoms with Crippen LogP contribution in [0.3, 0.4) is 0 Å². The standard InChI is InChI=1S/C6H3BrINO2S/c7-3-1-4(9(10)11)6(8)5(12)2-3/h1-2,12H. The Balaban J connectivity index is 3.37. The maximum absolute atomic E-state index is 10.5. The van der Waals surface area contributed by atoms with Gasteiger partial charge in [0.2, 0.25) is 0 Å². The number of hydrogen-bond donors (Lipinski definition) is 1. The number of halogens is 2. The minimum atomic E-state index is -0.424. The molecule has 0 aromatic heterocycles. The number of nitro groups is 1. The third-order valence-electron chi connectivity index (χ3n) is 1.20. The second kappa shape index (κ2) is 3.93. The first kappa shape index (κ1) is 10.3. The Morgan fingerprint density at radius 2 is 2.17 bits per heavy atom. The van der Waals surface area contributed by atoms with Gasteiger partial charge in [0, 0.05) is 15.4 Å². The van der Waals surface area contributed by atoms with Crippen molar-refractivity contribution >= 4 is 56.8 Å². The van der Waals surface area contributed by atoms with Crippen molar-refractivity contribution in [2.24, 2.45) is 0 Å². The Bertz CT molecular complexity index is 345. The van der Waals surface area contributed by atoms with E-state index in [2.05, 4.69) is 28.6 Å². The molecule has 0 aliphatic rings. The second-order valence-electron chi connectivity index (χ2n) is 2.02. The highest BCUT2D eigenvalue weighted by molar-refractivity contribution is 14.1. The van der Waals surface area contributed by atoms with E-state index in [0.29, 0.717) is 12.9 Å². The van der Waals surface area contributed by atoms with Crippen LogP contribution in [0.1, 0.15) is 0 Å². The lowest BCUT2D eigenvalue weighted by atomic mass is 10.3. The van der Waals surface area contributed by atoms with Crippen LogP contribution in [0, 0.1) is 13.7 Å². The molecule has 0 atom stereocenters. The molecule has 0 radical (unpaired) electrons. The fourth-order valence-corrected chi connectivity index (χ4v) is 2.08. The number of nitrogens with zero attached hydrogens (tertiary/aromatic N) is 1. The van der Waals surface area contributed by atoms with Gasteiger partial charge in [-0.05, 0) is 28.7 Å². The molecule has 1 aromatic rings. The summed E-state index contributed by atoms with van der Waals surface area (Å²) in [5.74, 6) is 0. The SMILES string of the molecule is O=[N+]([O-])c1cc(Br)cc(S)c1I. The van der Waals surface area contributed by atoms with Gasteiger partial charge in [0.1, 0.15) is 3.57 Å². The summed E-state index contributed by atoms with van der Waals surface area (Å²) >= 11 is 9.15. The Hall–Kier alpha value is 0.180. The van der Waals surface area contributed by atoms with Gasteiger partial charge in [0.15, 0.2) is 0 Å². The van der Waals surface area contributed by atoms with Crippen molar-refractivity contribution in [2.45, 2.75) is 4.90 Å². The van der Waals surface area contributed by atoms with E-state index in [0.717, 1.165) is 0 Å². The molecule has 6 heteroatoms. The maximum atomic E-state index is 10.5. The van der Waals surface area contributed by atoms with Gasteiger partial charge in [-0.1, -0.05) is 15.9 Å². The largest absolute Gasteiger partial charge is 0.284 e. The zero-order valence-electron chi connectivity index (χ0n) is 5.62. The molecule has 0 unspecified atom stereocenters. The van der Waals surface area contributed by atoms with Crippen LogP contribution in [-0.4, -0.2) is 4.92 Å². The van der Waals surface area contributed by atoms with E-state index in [4.69, 9.17) is 0 Å². The molecule has 0 aliphatic carbocycles. The molecule has 0 spiro atoms. The molecule has 0 fully saturated rings. The van der Waals surface area contributed by atoms with Gasteiger partial charge >= 0.3 is 0 Å². The van der Waals surface area contributed by atoms with Gasteiger partial charge in [-0.25, -0.2) is 0 Å². The molecule has 0 amide bonds. The summed E-state index contributed by atoms with van der Waals surface area (Å²) in [7, 11) is 0. The van der Waals surface area contributed by atoms with Crippen LogP contribution in [0.5, 0.6) is 0 Å². The van der Waals surface area contributed by atoms with Crippen molar-refractivity contribution in [2.75, 3.05) is 0 Å². The summed E-state index contributed by atoms with van der Waals surface area (Å²) in [5, 5.41) is 10.5. The van der Waals surface area contributed by atoms with E-state index in [1.165, 1.54) is 6.07 Å². The normalized spacial score (nSPS) is 9.92. The second-order valence-corrected chi connectivity index (χ2v) is 4.49. The first-order valence-electron chi connectivity index (χ1n) is 2.85. The number of benzene rings is 1. The minimum Gasteiger partial charge on any atom is -0.258 e. The van der Waals surface area contributed by atoms with Gasteiger partial charge < -0.3 is 0 Å². The summed E-state index contributed by atoms with van der Waals surface area (Å²) in [6, 6.07) is 3.18. The first-order chi connectivity index (χ1) is 5.52. The number of thiol groups is 1. The minimum absolute atomic E-state index is 0.0787. The third-order valence-corrected chi connectivity index (χ3v) is 3.57. The fourth-order valence-electron chi connectivity index (χ4n) is 0.694. The van der Waals surface area contributed by atoms with Crippen LogP contribution in [0.25, 0.3) is 0 Å². The zero-order valence-corrected chi connectivity index (χ0v) is 10.3. The predicted octanol–water partition coefficient (Wildman–Crippen LogP) is 3.25. The van der Waals surface area contributed by atoms with Gasteiger partial charge in [0.05, 0.1) is 4.92 Å². The van der Waals surface area contributed by atoms with Crippen LogP contribution in [0.15, 0.2) is 21.5 Å². The molecule has 0 saturated heterocycles. The Kier molecular flexibility index (Phi) is 3.36. The van der Waals surface area contributed by atoms with Crippen molar-refractivity contribution in [3.63, 3.8) is 0 Å². The molecule has 0 aliphatic heterocycles. The Labute approximate surface area is 96.4 Å². The van der Waals surface area contributed by atoms with E-state index in [-0.39, 0.29) is 5.69 Å². The highest BCUT2D eigenvalue weighted by Crippen LogP contribution is 2.30. The zero-order chi connectivity index (χ0) is 9.30. The van der Waals surface area contributed by atoms with Crippen molar-refractivity contribution in [3.05, 3.63) is 30.3 Å². The summed E-state index contributed by atoms with van der Waals surface area (Å²) in [4.78, 5) is 10.7. The highest BCUT2D eigenvalue weighted by Gasteiger charge is 2.14. The molecule has 0 bridgehead atoms. The number of nitro benzene ring substituents is 1. The molecule has 1 rings (SSSR count). The fraction of sp³-hybridized carbons (Fsp3) is 0. The van der Waals surface area contributed by atoms with Gasteiger partial charge in [-0.3, -0.25) is 10.1 Å². The molecule has 0 heterocycles. The molecular formula is C6H3BrINO2S. The van der Waals surface area contributed by atoms with Gasteiger partial charge in [-0.15, -0.1) is 12.6 Å². The van der Waals surface area contributed by atoms with Crippen molar-refractivity contribution < 1.29 is 4.92 Å². The van der Waals surface area contributed by atoms with Crippen LogP contribution in [-0.2, 0) is 0 Å². The molecule has 12 heavy (non-hydrogen) atoms. The van der Waals surface area contributed by atoms with Gasteiger partial charge in [-0.2, -0.15) is 0 Å². The van der Waals surface area contributed by atoms with Crippen molar-refractivity contribution in [1.82, 2.24) is 0 Å². The smallest absolute Gasteiger partial charge is 0.258 e. The Morgan fingerprint density at radius 1 is 1.58 bits per heavy atom. The van der Waals surface area contributed by atoms with Crippen LogP contribution < -0.4 is 0 Å². The van der Waals surface area contributed by atoms with Crippen molar-refractivity contribution in [1.29, 1.82) is 0 Å². The van der Waals surface area contributed by atoms with E-state index < -0.39 is 4.92 Å². The van der Waals surface area contributed by atoms with E-state index >= 15 is 0 Å². The van der Waals surface area contributed by atoms with E-state index in [9.17, 15) is 10.1 Å². The lowest BCUT2D eigenvalue weighted by Crippen LogP contribution is -1.92. The van der Waals surface area contributed by atoms with E-state index in [1.807, 2.05) is 22.6 Å². The Morgan fingerprint density at radius 3 is 2.67 bits per heavy atom. The predicted molar refractivity (Wildman–Crippen MR) is 60.8 cm³/mol. The molecule has 0 N–H and O–H groups in total. The van der Waals surface area contributed by atoms with Crippen LogP contribution >= 0.6 is 51.1 Å². The maximum Gasteiger partial charge on any atom is 0.284 e. The van der Waals surface area contributed by atoms with Crippen LogP contribution in [0.2, 0.25) is 0 Å². The van der Waals surface area contributed by atoms with Crippen molar-refractivity contribution in [3.8, 4) is 0 Å². The third kappa shape index (κ3) is 2.11. The first-order valence-corrected chi connectivity index (χ1v) is 5.16. The molecule has 64 valence electrons. The van der Waals surface area contributed by atoms with Crippen LogP contribution in [0.4, 0.5) is 5.69 Å². The molecule has 0 saturated carbocycles. The summed E-state index contributed by atoms with van der Waals surface area (Å²) < 4.78 is 1.23. The number of hydrogen-bond acceptors (Lipinski definition) is 3.